The fraction of sp³-hybridized carbons (Fsp3) is 0.250. The van der Waals surface area contributed by atoms with Gasteiger partial charge < -0.3 is 15.4 Å². The Bertz CT molecular complexity index is 708. The van der Waals surface area contributed by atoms with Crippen molar-refractivity contribution in [2.24, 2.45) is 0 Å². The average molecular weight is 395 g/mol. The van der Waals surface area contributed by atoms with Gasteiger partial charge in [-0.1, -0.05) is 0 Å². The molecule has 1 fully saturated rings. The van der Waals surface area contributed by atoms with Gasteiger partial charge in [0.05, 0.1) is 8.66 Å². The van der Waals surface area contributed by atoms with Crippen molar-refractivity contribution in [1.29, 1.82) is 0 Å². The Morgan fingerprint density at radius 3 is 2.35 bits per heavy atom. The Labute approximate surface area is 146 Å². The van der Waals surface area contributed by atoms with Crippen molar-refractivity contribution in [2.45, 2.75) is 18.9 Å². The van der Waals surface area contributed by atoms with Gasteiger partial charge in [0.15, 0.2) is 0 Å². The van der Waals surface area contributed by atoms with Crippen molar-refractivity contribution in [3.05, 3.63) is 45.1 Å². The van der Waals surface area contributed by atoms with E-state index >= 15 is 0 Å². The highest BCUT2D eigenvalue weighted by Gasteiger charge is 2.23. The first kappa shape index (κ1) is 16.2. The summed E-state index contributed by atoms with van der Waals surface area (Å²) in [6.45, 7) is 0.641. The molecule has 1 saturated heterocycles. The van der Waals surface area contributed by atoms with Crippen molar-refractivity contribution in [3.63, 3.8) is 0 Å². The number of anilines is 2. The molecule has 5 nitrogen and oxygen atoms in total. The summed E-state index contributed by atoms with van der Waals surface area (Å²) in [5.41, 5.74) is 1.36. The van der Waals surface area contributed by atoms with E-state index in [0.29, 0.717) is 22.9 Å². The maximum atomic E-state index is 12.1. The van der Waals surface area contributed by atoms with Gasteiger partial charge >= 0.3 is 0 Å². The van der Waals surface area contributed by atoms with E-state index in [1.165, 1.54) is 11.3 Å². The normalized spacial score (nSPS) is 17.0. The van der Waals surface area contributed by atoms with Crippen molar-refractivity contribution in [2.75, 3.05) is 17.2 Å². The van der Waals surface area contributed by atoms with Crippen molar-refractivity contribution in [1.82, 2.24) is 0 Å². The largest absolute Gasteiger partial charge is 0.368 e. The van der Waals surface area contributed by atoms with Crippen LogP contribution >= 0.6 is 27.3 Å². The van der Waals surface area contributed by atoms with E-state index in [0.717, 1.165) is 16.6 Å². The summed E-state index contributed by atoms with van der Waals surface area (Å²) in [7, 11) is 0. The number of amides is 2. The molecular weight excluding hydrogens is 380 g/mol. The third-order valence-corrected chi connectivity index (χ3v) is 5.05. The van der Waals surface area contributed by atoms with Gasteiger partial charge in [-0.15, -0.1) is 11.3 Å². The SMILES string of the molecule is O=C(Nc1ccc(NC(=O)[C@@H]2CCCO2)cc1)c1ccc(Br)s1. The van der Waals surface area contributed by atoms with Crippen LogP contribution in [0.15, 0.2) is 40.2 Å². The van der Waals surface area contributed by atoms with Gasteiger partial charge in [0.1, 0.15) is 6.10 Å². The molecule has 3 rings (SSSR count). The summed E-state index contributed by atoms with van der Waals surface area (Å²) in [5, 5.41) is 5.64. The molecule has 1 atom stereocenters. The summed E-state index contributed by atoms with van der Waals surface area (Å²) < 4.78 is 6.25. The lowest BCUT2D eigenvalue weighted by atomic mass is 10.2. The lowest BCUT2D eigenvalue weighted by molar-refractivity contribution is -0.124. The third kappa shape index (κ3) is 4.19. The predicted molar refractivity (Wildman–Crippen MR) is 94.0 cm³/mol. The second-order valence-corrected chi connectivity index (χ2v) is 7.59. The molecule has 2 amide bonds. The fourth-order valence-corrected chi connectivity index (χ4v) is 3.55. The highest BCUT2D eigenvalue weighted by molar-refractivity contribution is 9.11. The highest BCUT2D eigenvalue weighted by atomic mass is 79.9. The number of rotatable bonds is 4. The predicted octanol–water partition coefficient (Wildman–Crippen LogP) is 3.88. The van der Waals surface area contributed by atoms with E-state index in [9.17, 15) is 9.59 Å². The van der Waals surface area contributed by atoms with Gasteiger partial charge in [-0.25, -0.2) is 0 Å². The molecule has 7 heteroatoms. The highest BCUT2D eigenvalue weighted by Crippen LogP contribution is 2.23. The van der Waals surface area contributed by atoms with Crippen LogP contribution in [0.1, 0.15) is 22.5 Å². The number of hydrogen-bond acceptors (Lipinski definition) is 4. The molecule has 0 saturated carbocycles. The van der Waals surface area contributed by atoms with Crippen molar-refractivity contribution >= 4 is 50.5 Å². The molecule has 0 radical (unpaired) electrons. The van der Waals surface area contributed by atoms with Crippen molar-refractivity contribution in [3.8, 4) is 0 Å². The number of hydrogen-bond donors (Lipinski definition) is 2. The topological polar surface area (TPSA) is 67.4 Å². The molecule has 120 valence electrons. The van der Waals surface area contributed by atoms with E-state index in [-0.39, 0.29) is 17.9 Å². The average Bonchev–Trinajstić information content (AvgIpc) is 3.20. The minimum absolute atomic E-state index is 0.122. The molecule has 23 heavy (non-hydrogen) atoms. The Balaban J connectivity index is 1.58. The minimum Gasteiger partial charge on any atom is -0.368 e. The van der Waals surface area contributed by atoms with Crippen LogP contribution in [-0.4, -0.2) is 24.5 Å². The van der Waals surface area contributed by atoms with Crippen LogP contribution in [0.2, 0.25) is 0 Å². The number of nitrogens with one attached hydrogen (secondary N) is 2. The smallest absolute Gasteiger partial charge is 0.265 e. The molecule has 0 bridgehead atoms. The maximum absolute atomic E-state index is 12.1. The Hall–Kier alpha value is -1.70. The summed E-state index contributed by atoms with van der Waals surface area (Å²) in [6, 6.07) is 10.6. The van der Waals surface area contributed by atoms with Gasteiger partial charge in [0.2, 0.25) is 0 Å². The van der Waals surface area contributed by atoms with E-state index in [1.54, 1.807) is 30.3 Å². The summed E-state index contributed by atoms with van der Waals surface area (Å²) in [6.07, 6.45) is 1.32. The van der Waals surface area contributed by atoms with Crippen LogP contribution in [-0.2, 0) is 9.53 Å². The monoisotopic (exact) mass is 394 g/mol. The molecule has 0 spiro atoms. The zero-order chi connectivity index (χ0) is 16.2. The van der Waals surface area contributed by atoms with Crippen LogP contribution in [0.3, 0.4) is 0 Å². The van der Waals surface area contributed by atoms with E-state index in [2.05, 4.69) is 26.6 Å². The molecular formula is C16H15BrN2O3S. The van der Waals surface area contributed by atoms with Gasteiger partial charge in [-0.3, -0.25) is 9.59 Å². The molecule has 0 unspecified atom stereocenters. The Morgan fingerprint density at radius 1 is 1.09 bits per heavy atom. The van der Waals surface area contributed by atoms with E-state index in [1.807, 2.05) is 6.07 Å². The van der Waals surface area contributed by atoms with Gasteiger partial charge in [-0.2, -0.15) is 0 Å². The summed E-state index contributed by atoms with van der Waals surface area (Å²) >= 11 is 4.71. The zero-order valence-electron chi connectivity index (χ0n) is 12.2. The summed E-state index contributed by atoms with van der Waals surface area (Å²) in [5.74, 6) is -0.278. The Morgan fingerprint density at radius 2 is 1.78 bits per heavy atom. The number of carbonyl (C=O) groups excluding carboxylic acids is 2. The lowest BCUT2D eigenvalue weighted by Gasteiger charge is -2.11. The minimum atomic E-state index is -0.355. The molecule has 1 aromatic heterocycles. The molecule has 2 N–H and O–H groups in total. The van der Waals surface area contributed by atoms with Crippen LogP contribution in [0, 0.1) is 0 Å². The third-order valence-electron chi connectivity index (χ3n) is 3.43. The second-order valence-electron chi connectivity index (χ2n) is 5.13. The first-order valence-corrected chi connectivity index (χ1v) is 8.82. The van der Waals surface area contributed by atoms with Gasteiger partial charge in [-0.05, 0) is 65.2 Å². The maximum Gasteiger partial charge on any atom is 0.265 e. The van der Waals surface area contributed by atoms with Crippen LogP contribution < -0.4 is 10.6 Å². The lowest BCUT2D eigenvalue weighted by Crippen LogP contribution is -2.26. The van der Waals surface area contributed by atoms with Crippen LogP contribution in [0.25, 0.3) is 0 Å². The molecule has 0 aliphatic carbocycles. The fourth-order valence-electron chi connectivity index (χ4n) is 2.27. The second kappa shape index (κ2) is 7.25. The molecule has 1 aliphatic heterocycles. The number of carbonyl (C=O) groups is 2. The van der Waals surface area contributed by atoms with E-state index < -0.39 is 0 Å². The first-order valence-electron chi connectivity index (χ1n) is 7.21. The van der Waals surface area contributed by atoms with Crippen molar-refractivity contribution < 1.29 is 14.3 Å². The quantitative estimate of drug-likeness (QED) is 0.826. The number of benzene rings is 1. The van der Waals surface area contributed by atoms with Gasteiger partial charge in [0.25, 0.3) is 11.8 Å². The molecule has 1 aliphatic rings. The number of thiophene rings is 1. The van der Waals surface area contributed by atoms with Crippen LogP contribution in [0.5, 0.6) is 0 Å². The molecule has 2 heterocycles. The van der Waals surface area contributed by atoms with Gasteiger partial charge in [0, 0.05) is 18.0 Å². The number of halogens is 1. The first-order chi connectivity index (χ1) is 11.1. The zero-order valence-corrected chi connectivity index (χ0v) is 14.6. The van der Waals surface area contributed by atoms with Crippen LogP contribution in [0.4, 0.5) is 11.4 Å². The Kier molecular flexibility index (Phi) is 5.09. The summed E-state index contributed by atoms with van der Waals surface area (Å²) in [4.78, 5) is 24.6. The van der Waals surface area contributed by atoms with E-state index in [4.69, 9.17) is 4.74 Å². The molecule has 2 aromatic rings. The number of ether oxygens (including phenoxy) is 1. The standard InChI is InChI=1S/C16H15BrN2O3S/c17-14-8-7-13(23-14)16(21)19-11-5-3-10(4-6-11)18-15(20)12-2-1-9-22-12/h3-8,12H,1-2,9H2,(H,18,20)(H,19,21)/t12-/m0/s1. The molecule has 1 aromatic carbocycles.